The monoisotopic (exact) mass is 305 g/mol. The van der Waals surface area contributed by atoms with Gasteiger partial charge in [-0.25, -0.2) is 4.98 Å². The van der Waals surface area contributed by atoms with E-state index in [9.17, 15) is 4.79 Å². The molecule has 0 spiro atoms. The maximum atomic E-state index is 11.6. The van der Waals surface area contributed by atoms with E-state index in [1.807, 2.05) is 0 Å². The summed E-state index contributed by atoms with van der Waals surface area (Å²) in [4.78, 5) is 18.4. The van der Waals surface area contributed by atoms with E-state index in [1.54, 1.807) is 24.7 Å². The number of hydrogen-bond donors (Lipinski definition) is 2. The van der Waals surface area contributed by atoms with E-state index in [4.69, 9.17) is 0 Å². The molecule has 0 unspecified atom stereocenters. The minimum atomic E-state index is -0.0366. The van der Waals surface area contributed by atoms with Gasteiger partial charge in [-0.15, -0.1) is 0 Å². The molecule has 1 aromatic heterocycles. The Morgan fingerprint density at radius 3 is 2.32 bits per heavy atom. The molecule has 0 aliphatic heterocycles. The lowest BCUT2D eigenvalue weighted by Gasteiger charge is -2.03. The highest BCUT2D eigenvalue weighted by molar-refractivity contribution is 5.91. The van der Waals surface area contributed by atoms with E-state index in [0.29, 0.717) is 0 Å². The summed E-state index contributed by atoms with van der Waals surface area (Å²) in [6.45, 7) is 3.02. The van der Waals surface area contributed by atoms with Gasteiger partial charge < -0.3 is 10.3 Å². The van der Waals surface area contributed by atoms with Gasteiger partial charge in [-0.3, -0.25) is 4.79 Å². The summed E-state index contributed by atoms with van der Waals surface area (Å²) < 4.78 is 0. The van der Waals surface area contributed by atoms with Gasteiger partial charge in [0.2, 0.25) is 5.91 Å². The van der Waals surface area contributed by atoms with Gasteiger partial charge in [0.25, 0.3) is 0 Å². The maximum absolute atomic E-state index is 11.6. The molecule has 124 valence electrons. The fraction of sp³-hybridized carbons (Fsp3) is 0.667. The Kier molecular flexibility index (Phi) is 11.0. The molecule has 0 aliphatic rings. The first-order chi connectivity index (χ1) is 10.8. The van der Waals surface area contributed by atoms with Crippen molar-refractivity contribution in [1.29, 1.82) is 0 Å². The number of rotatable bonds is 13. The number of nitrogens with one attached hydrogen (secondary N) is 2. The number of nitrogens with zero attached hydrogens (tertiary/aromatic N) is 1. The highest BCUT2D eigenvalue weighted by Crippen LogP contribution is 2.10. The molecule has 0 radical (unpaired) electrons. The zero-order valence-corrected chi connectivity index (χ0v) is 13.9. The Hall–Kier alpha value is -1.58. The van der Waals surface area contributed by atoms with Crippen LogP contribution in [0.2, 0.25) is 0 Å². The number of amides is 1. The highest BCUT2D eigenvalue weighted by Gasteiger charge is 1.96. The predicted octanol–water partition coefficient (Wildman–Crippen LogP) is 4.46. The van der Waals surface area contributed by atoms with E-state index in [1.165, 1.54) is 57.8 Å². The quantitative estimate of drug-likeness (QED) is 0.417. The summed E-state index contributed by atoms with van der Waals surface area (Å²) in [5, 5.41) is 2.91. The average Bonchev–Trinajstić information content (AvgIpc) is 3.04. The number of unbranched alkanes of at least 4 members (excludes halogenated alkanes) is 9. The third kappa shape index (κ3) is 10.2. The molecule has 1 amide bonds. The summed E-state index contributed by atoms with van der Waals surface area (Å²) in [5.74, 6) is -0.0366. The standard InChI is InChI=1S/C18H31N3O/c1-2-3-4-5-6-7-8-9-10-11-14-20-18(22)13-12-17-15-19-16-21-17/h12-13,15-16H,2-11,14H2,1H3,(H,19,21)(H,20,22)/b13-12+. The lowest BCUT2D eigenvalue weighted by Crippen LogP contribution is -2.21. The second-order valence-corrected chi connectivity index (χ2v) is 5.81. The van der Waals surface area contributed by atoms with Crippen LogP contribution in [0, 0.1) is 0 Å². The largest absolute Gasteiger partial charge is 0.353 e. The molecule has 0 saturated heterocycles. The van der Waals surface area contributed by atoms with Gasteiger partial charge >= 0.3 is 0 Å². The summed E-state index contributed by atoms with van der Waals surface area (Å²) >= 11 is 0. The molecule has 0 atom stereocenters. The van der Waals surface area contributed by atoms with Crippen molar-refractivity contribution in [3.63, 3.8) is 0 Å². The zero-order valence-electron chi connectivity index (χ0n) is 13.9. The molecule has 2 N–H and O–H groups in total. The van der Waals surface area contributed by atoms with Crippen LogP contribution < -0.4 is 5.32 Å². The van der Waals surface area contributed by atoms with Crippen LogP contribution in [0.1, 0.15) is 76.8 Å². The van der Waals surface area contributed by atoms with Crippen LogP contribution in [-0.4, -0.2) is 22.4 Å². The first kappa shape index (κ1) is 18.5. The minimum absolute atomic E-state index is 0.0366. The number of imidazole rings is 1. The molecular formula is C18H31N3O. The molecule has 0 aliphatic carbocycles. The predicted molar refractivity (Wildman–Crippen MR) is 92.5 cm³/mol. The molecule has 4 nitrogen and oxygen atoms in total. The van der Waals surface area contributed by atoms with Gasteiger partial charge in [0, 0.05) is 12.6 Å². The molecular weight excluding hydrogens is 274 g/mol. The second-order valence-electron chi connectivity index (χ2n) is 5.81. The maximum Gasteiger partial charge on any atom is 0.244 e. The Morgan fingerprint density at radius 1 is 1.09 bits per heavy atom. The van der Waals surface area contributed by atoms with Crippen molar-refractivity contribution >= 4 is 12.0 Å². The van der Waals surface area contributed by atoms with Gasteiger partial charge in [-0.2, -0.15) is 0 Å². The molecule has 22 heavy (non-hydrogen) atoms. The third-order valence-electron chi connectivity index (χ3n) is 3.76. The van der Waals surface area contributed by atoms with E-state index >= 15 is 0 Å². The Labute approximate surface area is 134 Å². The van der Waals surface area contributed by atoms with Crippen molar-refractivity contribution < 1.29 is 4.79 Å². The topological polar surface area (TPSA) is 57.8 Å². The summed E-state index contributed by atoms with van der Waals surface area (Å²) in [6, 6.07) is 0. The van der Waals surface area contributed by atoms with Crippen molar-refractivity contribution in [1.82, 2.24) is 15.3 Å². The number of H-pyrrole nitrogens is 1. The highest BCUT2D eigenvalue weighted by atomic mass is 16.1. The first-order valence-electron chi connectivity index (χ1n) is 8.77. The molecule has 0 fully saturated rings. The second kappa shape index (κ2) is 13.1. The van der Waals surface area contributed by atoms with Gasteiger partial charge in [-0.1, -0.05) is 64.7 Å². The van der Waals surface area contributed by atoms with E-state index < -0.39 is 0 Å². The third-order valence-corrected chi connectivity index (χ3v) is 3.76. The van der Waals surface area contributed by atoms with Gasteiger partial charge in [0.05, 0.1) is 18.2 Å². The molecule has 1 aromatic rings. The van der Waals surface area contributed by atoms with Crippen LogP contribution in [0.3, 0.4) is 0 Å². The van der Waals surface area contributed by atoms with Gasteiger partial charge in [-0.05, 0) is 12.5 Å². The zero-order chi connectivity index (χ0) is 15.9. The van der Waals surface area contributed by atoms with Crippen LogP contribution in [0.15, 0.2) is 18.6 Å². The summed E-state index contributed by atoms with van der Waals surface area (Å²) in [5.41, 5.74) is 0.842. The Bertz CT molecular complexity index is 398. The van der Waals surface area contributed by atoms with Crippen molar-refractivity contribution in [2.75, 3.05) is 6.54 Å². The Morgan fingerprint density at radius 2 is 1.73 bits per heavy atom. The molecule has 0 bridgehead atoms. The van der Waals surface area contributed by atoms with Gasteiger partial charge in [0.15, 0.2) is 0 Å². The summed E-state index contributed by atoms with van der Waals surface area (Å²) in [6.07, 6.45) is 19.7. The Balaban J connectivity index is 1.86. The first-order valence-corrected chi connectivity index (χ1v) is 8.77. The SMILES string of the molecule is CCCCCCCCCCCCNC(=O)/C=C/c1cnc[nH]1. The lowest BCUT2D eigenvalue weighted by molar-refractivity contribution is -0.116. The number of carbonyl (C=O) groups is 1. The number of hydrogen-bond acceptors (Lipinski definition) is 2. The van der Waals surface area contributed by atoms with Crippen LogP contribution in [0.5, 0.6) is 0 Å². The number of carbonyl (C=O) groups excluding carboxylic acids is 1. The summed E-state index contributed by atoms with van der Waals surface area (Å²) in [7, 11) is 0. The van der Waals surface area contributed by atoms with Crippen LogP contribution >= 0.6 is 0 Å². The van der Waals surface area contributed by atoms with Crippen molar-refractivity contribution in [2.45, 2.75) is 71.1 Å². The van der Waals surface area contributed by atoms with Crippen molar-refractivity contribution in [3.05, 3.63) is 24.3 Å². The lowest BCUT2D eigenvalue weighted by atomic mass is 10.1. The molecule has 4 heteroatoms. The van der Waals surface area contributed by atoms with Crippen molar-refractivity contribution in [2.24, 2.45) is 0 Å². The normalized spacial score (nSPS) is 11.1. The molecule has 0 aromatic carbocycles. The van der Waals surface area contributed by atoms with Crippen LogP contribution in [-0.2, 0) is 4.79 Å². The minimum Gasteiger partial charge on any atom is -0.353 e. The molecule has 0 saturated carbocycles. The average molecular weight is 305 g/mol. The molecule has 1 rings (SSSR count). The fourth-order valence-corrected chi connectivity index (χ4v) is 2.41. The van der Waals surface area contributed by atoms with Crippen LogP contribution in [0.4, 0.5) is 0 Å². The number of aromatic amines is 1. The molecule has 1 heterocycles. The van der Waals surface area contributed by atoms with E-state index in [0.717, 1.165) is 18.7 Å². The van der Waals surface area contributed by atoms with Crippen LogP contribution in [0.25, 0.3) is 6.08 Å². The smallest absolute Gasteiger partial charge is 0.244 e. The van der Waals surface area contributed by atoms with Crippen molar-refractivity contribution in [3.8, 4) is 0 Å². The number of aromatic nitrogens is 2. The van der Waals surface area contributed by atoms with Gasteiger partial charge in [0.1, 0.15) is 0 Å². The van der Waals surface area contributed by atoms with E-state index in [-0.39, 0.29) is 5.91 Å². The van der Waals surface area contributed by atoms with E-state index in [2.05, 4.69) is 22.2 Å². The fourth-order valence-electron chi connectivity index (χ4n) is 2.41.